The van der Waals surface area contributed by atoms with Gasteiger partial charge in [-0.05, 0) is 26.0 Å². The van der Waals surface area contributed by atoms with Crippen molar-refractivity contribution in [3.05, 3.63) is 35.4 Å². The zero-order chi connectivity index (χ0) is 12.1. The summed E-state index contributed by atoms with van der Waals surface area (Å²) in [6.07, 6.45) is 1.37. The van der Waals surface area contributed by atoms with Gasteiger partial charge in [0.2, 0.25) is 0 Å². The molecule has 2 atom stereocenters. The molecule has 1 fully saturated rings. The fourth-order valence-corrected chi connectivity index (χ4v) is 2.15. The molecule has 1 aliphatic heterocycles. The summed E-state index contributed by atoms with van der Waals surface area (Å²) in [6.45, 7) is 4.50. The molecule has 1 heterocycles. The van der Waals surface area contributed by atoms with E-state index in [1.165, 1.54) is 11.1 Å². The van der Waals surface area contributed by atoms with Gasteiger partial charge in [0.1, 0.15) is 0 Å². The maximum absolute atomic E-state index is 6.11. The van der Waals surface area contributed by atoms with Crippen LogP contribution in [0.2, 0.25) is 0 Å². The molecule has 0 aliphatic carbocycles. The van der Waals surface area contributed by atoms with E-state index in [9.17, 15) is 0 Å². The number of benzene rings is 1. The van der Waals surface area contributed by atoms with Crippen molar-refractivity contribution in [2.45, 2.75) is 25.6 Å². The fourth-order valence-electron chi connectivity index (χ4n) is 2.15. The van der Waals surface area contributed by atoms with Crippen LogP contribution in [-0.2, 0) is 9.47 Å². The first-order valence-corrected chi connectivity index (χ1v) is 6.24. The van der Waals surface area contributed by atoms with Crippen LogP contribution in [-0.4, -0.2) is 32.9 Å². The molecule has 3 nitrogen and oxygen atoms in total. The predicted octanol–water partition coefficient (Wildman–Crippen LogP) is 2.06. The number of hydrogen-bond donors (Lipinski definition) is 1. The normalized spacial score (nSPS) is 21.6. The van der Waals surface area contributed by atoms with Crippen LogP contribution in [0.5, 0.6) is 0 Å². The number of likely N-dealkylation sites (N-methyl/N-ethyl adjacent to an activating group) is 1. The Bertz CT molecular complexity index is 348. The lowest BCUT2D eigenvalue weighted by atomic mass is 10.1. The van der Waals surface area contributed by atoms with Gasteiger partial charge in [-0.15, -0.1) is 0 Å². The lowest BCUT2D eigenvalue weighted by Crippen LogP contribution is -2.25. The summed E-state index contributed by atoms with van der Waals surface area (Å²) < 4.78 is 11.5. The second-order valence-corrected chi connectivity index (χ2v) is 4.58. The van der Waals surface area contributed by atoms with Gasteiger partial charge in [0.25, 0.3) is 0 Å². The molecule has 0 saturated carbocycles. The lowest BCUT2D eigenvalue weighted by Gasteiger charge is -2.22. The van der Waals surface area contributed by atoms with E-state index in [2.05, 4.69) is 36.5 Å². The van der Waals surface area contributed by atoms with Crippen LogP contribution in [0, 0.1) is 6.92 Å². The molecule has 0 amide bonds. The Hall–Kier alpha value is -0.900. The highest BCUT2D eigenvalue weighted by molar-refractivity contribution is 5.24. The number of hydrogen-bond acceptors (Lipinski definition) is 3. The third kappa shape index (κ3) is 3.53. The summed E-state index contributed by atoms with van der Waals surface area (Å²) in [6, 6.07) is 8.52. The first-order valence-electron chi connectivity index (χ1n) is 6.24. The molecule has 0 aromatic heterocycles. The second-order valence-electron chi connectivity index (χ2n) is 4.58. The van der Waals surface area contributed by atoms with Crippen LogP contribution in [0.4, 0.5) is 0 Å². The predicted molar refractivity (Wildman–Crippen MR) is 68.2 cm³/mol. The summed E-state index contributed by atoms with van der Waals surface area (Å²) in [5.74, 6) is 0. The third-order valence-corrected chi connectivity index (χ3v) is 3.05. The molecule has 0 spiro atoms. The van der Waals surface area contributed by atoms with E-state index < -0.39 is 0 Å². The monoisotopic (exact) mass is 235 g/mol. The van der Waals surface area contributed by atoms with E-state index in [4.69, 9.17) is 9.47 Å². The van der Waals surface area contributed by atoms with E-state index in [1.807, 2.05) is 7.05 Å². The van der Waals surface area contributed by atoms with Crippen LogP contribution in [0.3, 0.4) is 0 Å². The molecule has 17 heavy (non-hydrogen) atoms. The van der Waals surface area contributed by atoms with Gasteiger partial charge in [0.05, 0.1) is 18.8 Å². The van der Waals surface area contributed by atoms with E-state index in [0.29, 0.717) is 0 Å². The van der Waals surface area contributed by atoms with Crippen molar-refractivity contribution < 1.29 is 9.47 Å². The Labute approximate surface area is 103 Å². The van der Waals surface area contributed by atoms with E-state index in [0.717, 1.165) is 26.2 Å². The van der Waals surface area contributed by atoms with Crippen LogP contribution >= 0.6 is 0 Å². The molecule has 0 bridgehead atoms. The molecule has 1 N–H and O–H groups in total. The average Bonchev–Trinajstić information content (AvgIpc) is 2.81. The van der Waals surface area contributed by atoms with E-state index in [-0.39, 0.29) is 12.2 Å². The highest BCUT2D eigenvalue weighted by Gasteiger charge is 2.21. The van der Waals surface area contributed by atoms with Gasteiger partial charge < -0.3 is 14.8 Å². The van der Waals surface area contributed by atoms with Crippen LogP contribution in [0.15, 0.2) is 24.3 Å². The SMILES string of the molecule is CNCC(OC1CCOC1)c1cccc(C)c1. The zero-order valence-corrected chi connectivity index (χ0v) is 10.6. The largest absolute Gasteiger partial charge is 0.379 e. The van der Waals surface area contributed by atoms with Crippen molar-refractivity contribution in [2.75, 3.05) is 26.8 Å². The number of aryl methyl sites for hydroxylation is 1. The highest BCUT2D eigenvalue weighted by atomic mass is 16.6. The van der Waals surface area contributed by atoms with Gasteiger partial charge in [-0.25, -0.2) is 0 Å². The quantitative estimate of drug-likeness (QED) is 0.847. The first kappa shape index (κ1) is 12.6. The van der Waals surface area contributed by atoms with E-state index in [1.54, 1.807) is 0 Å². The second kappa shape index (κ2) is 6.15. The molecule has 1 aliphatic rings. The van der Waals surface area contributed by atoms with Gasteiger partial charge in [0, 0.05) is 13.2 Å². The molecular weight excluding hydrogens is 214 g/mol. The number of nitrogens with one attached hydrogen (secondary N) is 1. The van der Waals surface area contributed by atoms with Gasteiger partial charge >= 0.3 is 0 Å². The molecule has 94 valence electrons. The lowest BCUT2D eigenvalue weighted by molar-refractivity contribution is -0.0156. The molecule has 3 heteroatoms. The minimum absolute atomic E-state index is 0.117. The van der Waals surface area contributed by atoms with Crippen molar-refractivity contribution >= 4 is 0 Å². The third-order valence-electron chi connectivity index (χ3n) is 3.05. The zero-order valence-electron chi connectivity index (χ0n) is 10.6. The molecule has 1 saturated heterocycles. The summed E-state index contributed by atoms with van der Waals surface area (Å²) in [5.41, 5.74) is 2.51. The van der Waals surface area contributed by atoms with Gasteiger partial charge in [0.15, 0.2) is 0 Å². The van der Waals surface area contributed by atoms with Crippen molar-refractivity contribution in [3.8, 4) is 0 Å². The summed E-state index contributed by atoms with van der Waals surface area (Å²) >= 11 is 0. The van der Waals surface area contributed by atoms with E-state index >= 15 is 0 Å². The molecule has 0 radical (unpaired) electrons. The van der Waals surface area contributed by atoms with Gasteiger partial charge in [-0.3, -0.25) is 0 Å². The first-order chi connectivity index (χ1) is 8.29. The maximum atomic E-state index is 6.11. The van der Waals surface area contributed by atoms with Crippen molar-refractivity contribution in [1.82, 2.24) is 5.32 Å². The Morgan fingerprint density at radius 2 is 2.41 bits per heavy atom. The fraction of sp³-hybridized carbons (Fsp3) is 0.571. The summed E-state index contributed by atoms with van der Waals surface area (Å²) in [7, 11) is 1.96. The van der Waals surface area contributed by atoms with Crippen molar-refractivity contribution in [3.63, 3.8) is 0 Å². The Morgan fingerprint density at radius 3 is 3.06 bits per heavy atom. The highest BCUT2D eigenvalue weighted by Crippen LogP contribution is 2.22. The Kier molecular flexibility index (Phi) is 4.54. The maximum Gasteiger partial charge on any atom is 0.0954 e. The van der Waals surface area contributed by atoms with Gasteiger partial charge in [-0.1, -0.05) is 29.8 Å². The topological polar surface area (TPSA) is 30.5 Å². The number of rotatable bonds is 5. The van der Waals surface area contributed by atoms with Gasteiger partial charge in [-0.2, -0.15) is 0 Å². The Morgan fingerprint density at radius 1 is 1.53 bits per heavy atom. The van der Waals surface area contributed by atoms with Crippen molar-refractivity contribution in [1.29, 1.82) is 0 Å². The molecular formula is C14H21NO2. The number of ether oxygens (including phenoxy) is 2. The van der Waals surface area contributed by atoms with Crippen molar-refractivity contribution in [2.24, 2.45) is 0 Å². The Balaban J connectivity index is 2.04. The average molecular weight is 235 g/mol. The van der Waals surface area contributed by atoms with Crippen LogP contribution in [0.25, 0.3) is 0 Å². The van der Waals surface area contributed by atoms with Crippen LogP contribution < -0.4 is 5.32 Å². The molecule has 1 aromatic carbocycles. The summed E-state index contributed by atoms with van der Waals surface area (Å²) in [4.78, 5) is 0. The molecule has 1 aromatic rings. The van der Waals surface area contributed by atoms with Crippen LogP contribution in [0.1, 0.15) is 23.7 Å². The minimum Gasteiger partial charge on any atom is -0.379 e. The minimum atomic E-state index is 0.117. The molecule has 2 rings (SSSR count). The summed E-state index contributed by atoms with van der Waals surface area (Å²) in [5, 5.41) is 3.19. The molecule has 2 unspecified atom stereocenters. The smallest absolute Gasteiger partial charge is 0.0954 e. The standard InChI is InChI=1S/C14H21NO2/c1-11-4-3-5-12(8-11)14(9-15-2)17-13-6-7-16-10-13/h3-5,8,13-15H,6-7,9-10H2,1-2H3.